The Hall–Kier alpha value is -3.56. The molecular formula is C27H32Cl2N6O3. The predicted molar refractivity (Wildman–Crippen MR) is 150 cm³/mol. The summed E-state index contributed by atoms with van der Waals surface area (Å²) in [6.07, 6.45) is 5.89. The minimum Gasteiger partial charge on any atom is -0.497 e. The maximum absolute atomic E-state index is 13.2. The van der Waals surface area contributed by atoms with Crippen LogP contribution in [0, 0.1) is 0 Å². The number of piperidine rings is 1. The van der Waals surface area contributed by atoms with Gasteiger partial charge in [0.05, 0.1) is 23.2 Å². The van der Waals surface area contributed by atoms with Gasteiger partial charge in [-0.05, 0) is 68.3 Å². The van der Waals surface area contributed by atoms with E-state index in [1.807, 2.05) is 13.0 Å². The van der Waals surface area contributed by atoms with E-state index in [1.165, 1.54) is 6.20 Å². The number of halogens is 2. The van der Waals surface area contributed by atoms with Crippen molar-refractivity contribution in [2.45, 2.75) is 39.3 Å². The fourth-order valence-electron chi connectivity index (χ4n) is 3.86. The lowest BCUT2D eigenvalue weighted by molar-refractivity contribution is -0.114. The molecule has 2 amide bonds. The maximum Gasteiger partial charge on any atom is 0.275 e. The van der Waals surface area contributed by atoms with Crippen molar-refractivity contribution in [1.82, 2.24) is 20.5 Å². The monoisotopic (exact) mass is 558 g/mol. The first-order valence-corrected chi connectivity index (χ1v) is 12.9. The Bertz CT molecular complexity index is 1250. The normalized spacial score (nSPS) is 15.3. The van der Waals surface area contributed by atoms with Crippen molar-refractivity contribution < 1.29 is 14.3 Å². The van der Waals surface area contributed by atoms with Gasteiger partial charge in [-0.15, -0.1) is 0 Å². The van der Waals surface area contributed by atoms with Gasteiger partial charge in [0.15, 0.2) is 0 Å². The van der Waals surface area contributed by atoms with E-state index in [0.717, 1.165) is 5.56 Å². The summed E-state index contributed by atoms with van der Waals surface area (Å²) in [6, 6.07) is 8.53. The van der Waals surface area contributed by atoms with Crippen molar-refractivity contribution in [3.05, 3.63) is 81.5 Å². The van der Waals surface area contributed by atoms with Crippen LogP contribution in [0.3, 0.4) is 0 Å². The van der Waals surface area contributed by atoms with Crippen LogP contribution in [0.5, 0.6) is 5.75 Å². The molecule has 2 heterocycles. The molecule has 38 heavy (non-hydrogen) atoms. The topological polar surface area (TPSA) is 122 Å². The summed E-state index contributed by atoms with van der Waals surface area (Å²) < 4.78 is 5.19. The first-order chi connectivity index (χ1) is 18.2. The molecule has 1 aromatic carbocycles. The van der Waals surface area contributed by atoms with Gasteiger partial charge in [0.25, 0.3) is 11.8 Å². The zero-order valence-electron chi connectivity index (χ0n) is 21.6. The standard InChI is InChI=1S/C27H32Cl2N6O3/c1-4-24(32-16-18-5-6-21(28)22(29)13-18)34-26(36)25(17(2)15-30)33-19-8-11-35(12-9-19)27(37)23-14-20(38-3)7-10-31-23/h4-7,10,13-15,19,32H,8-9,11-12,16,30H2,1-3H3,(H,34,36)/b17-15-,24-4?,33-25?. The number of methoxy groups -OCH3 is 1. The number of hydrogen-bond donors (Lipinski definition) is 3. The maximum atomic E-state index is 13.2. The van der Waals surface area contributed by atoms with E-state index in [9.17, 15) is 9.59 Å². The number of carbonyl (C=O) groups is 2. The van der Waals surface area contributed by atoms with Crippen LogP contribution in [0.4, 0.5) is 0 Å². The molecule has 0 saturated carbocycles. The number of aromatic nitrogens is 1. The summed E-state index contributed by atoms with van der Waals surface area (Å²) in [4.78, 5) is 36.7. The molecule has 1 aromatic heterocycles. The number of carbonyl (C=O) groups excluding carboxylic acids is 2. The highest BCUT2D eigenvalue weighted by Gasteiger charge is 2.26. The SMILES string of the molecule is CC=C(NCc1ccc(Cl)c(Cl)c1)NC(=O)C(=NC1CCN(C(=O)c2cc(OC)ccn2)CC1)/C(C)=C\N. The first kappa shape index (κ1) is 29.0. The minimum atomic E-state index is -0.377. The number of likely N-dealkylation sites (tertiary alicyclic amines) is 1. The second kappa shape index (κ2) is 13.8. The van der Waals surface area contributed by atoms with Crippen LogP contribution in [0.25, 0.3) is 0 Å². The molecule has 0 spiro atoms. The molecule has 1 saturated heterocycles. The molecule has 4 N–H and O–H groups in total. The van der Waals surface area contributed by atoms with Gasteiger partial charge >= 0.3 is 0 Å². The van der Waals surface area contributed by atoms with Gasteiger partial charge in [0, 0.05) is 31.9 Å². The molecule has 1 aliphatic heterocycles. The van der Waals surface area contributed by atoms with E-state index in [-0.39, 0.29) is 23.6 Å². The number of nitrogens with zero attached hydrogens (tertiary/aromatic N) is 3. The third-order valence-corrected chi connectivity index (χ3v) is 6.83. The fraction of sp³-hybridized carbons (Fsp3) is 0.333. The first-order valence-electron chi connectivity index (χ1n) is 12.2. The quantitative estimate of drug-likeness (QED) is 0.399. The number of pyridine rings is 1. The second-order valence-electron chi connectivity index (χ2n) is 8.69. The van der Waals surface area contributed by atoms with E-state index >= 15 is 0 Å². The van der Waals surface area contributed by atoms with Gasteiger partial charge in [-0.25, -0.2) is 0 Å². The highest BCUT2D eigenvalue weighted by molar-refractivity contribution is 6.45. The number of benzene rings is 1. The van der Waals surface area contributed by atoms with Crippen LogP contribution >= 0.6 is 23.2 Å². The zero-order valence-corrected chi connectivity index (χ0v) is 23.1. The Morgan fingerprint density at radius 3 is 2.58 bits per heavy atom. The van der Waals surface area contributed by atoms with Crippen molar-refractivity contribution in [1.29, 1.82) is 0 Å². The lowest BCUT2D eigenvalue weighted by atomic mass is 10.0. The van der Waals surface area contributed by atoms with Crippen LogP contribution in [-0.2, 0) is 11.3 Å². The van der Waals surface area contributed by atoms with Crippen molar-refractivity contribution in [3.8, 4) is 5.75 Å². The van der Waals surface area contributed by atoms with Crippen LogP contribution in [-0.4, -0.2) is 53.7 Å². The number of nitrogens with two attached hydrogens (primary N) is 1. The van der Waals surface area contributed by atoms with E-state index < -0.39 is 0 Å². The van der Waals surface area contributed by atoms with Gasteiger partial charge < -0.3 is 26.0 Å². The molecule has 0 aliphatic carbocycles. The lowest BCUT2D eigenvalue weighted by Gasteiger charge is -2.30. The largest absolute Gasteiger partial charge is 0.497 e. The third kappa shape index (κ3) is 7.72. The zero-order chi connectivity index (χ0) is 27.7. The highest BCUT2D eigenvalue weighted by Crippen LogP contribution is 2.22. The Morgan fingerprint density at radius 2 is 1.95 bits per heavy atom. The molecule has 0 unspecified atom stereocenters. The van der Waals surface area contributed by atoms with Crippen LogP contribution < -0.4 is 21.1 Å². The van der Waals surface area contributed by atoms with Gasteiger partial charge in [-0.1, -0.05) is 29.3 Å². The minimum absolute atomic E-state index is 0.133. The van der Waals surface area contributed by atoms with Gasteiger partial charge in [-0.2, -0.15) is 0 Å². The van der Waals surface area contributed by atoms with E-state index in [2.05, 4.69) is 15.6 Å². The van der Waals surface area contributed by atoms with E-state index in [1.54, 1.807) is 55.5 Å². The molecule has 1 fully saturated rings. The summed E-state index contributed by atoms with van der Waals surface area (Å²) in [7, 11) is 1.55. The average molecular weight is 559 g/mol. The van der Waals surface area contributed by atoms with Crippen molar-refractivity contribution in [2.75, 3.05) is 20.2 Å². The number of nitrogens with one attached hydrogen (secondary N) is 2. The van der Waals surface area contributed by atoms with Crippen molar-refractivity contribution in [2.24, 2.45) is 10.7 Å². The van der Waals surface area contributed by atoms with Gasteiger partial charge in [0.2, 0.25) is 0 Å². The summed E-state index contributed by atoms with van der Waals surface area (Å²) in [5.41, 5.74) is 7.79. The highest BCUT2D eigenvalue weighted by atomic mass is 35.5. The van der Waals surface area contributed by atoms with Crippen LogP contribution in [0.15, 0.2) is 65.2 Å². The molecule has 1 aliphatic rings. The molecule has 2 aromatic rings. The Kier molecular flexibility index (Phi) is 10.6. The smallest absolute Gasteiger partial charge is 0.275 e. The molecule has 0 bridgehead atoms. The Balaban J connectivity index is 1.63. The van der Waals surface area contributed by atoms with E-state index in [0.29, 0.717) is 65.4 Å². The molecule has 11 heteroatoms. The number of hydrogen-bond acceptors (Lipinski definition) is 7. The van der Waals surface area contributed by atoms with Gasteiger partial charge in [0.1, 0.15) is 23.0 Å². The average Bonchev–Trinajstić information content (AvgIpc) is 2.95. The van der Waals surface area contributed by atoms with Gasteiger partial charge in [-0.3, -0.25) is 19.6 Å². The van der Waals surface area contributed by atoms with E-state index in [4.69, 9.17) is 38.7 Å². The number of aliphatic imine (C=N–C) groups is 1. The summed E-state index contributed by atoms with van der Waals surface area (Å²) in [5.74, 6) is 0.561. The summed E-state index contributed by atoms with van der Waals surface area (Å²) in [5, 5.41) is 6.99. The molecule has 9 nitrogen and oxygen atoms in total. The summed E-state index contributed by atoms with van der Waals surface area (Å²) in [6.45, 7) is 4.98. The predicted octanol–water partition coefficient (Wildman–Crippen LogP) is 4.07. The molecule has 202 valence electrons. The fourth-order valence-corrected chi connectivity index (χ4v) is 4.18. The van der Waals surface area contributed by atoms with Crippen molar-refractivity contribution in [3.63, 3.8) is 0 Å². The summed E-state index contributed by atoms with van der Waals surface area (Å²) >= 11 is 12.1. The Labute approximate surface area is 232 Å². The number of allylic oxidation sites excluding steroid dienone is 1. The van der Waals surface area contributed by atoms with Crippen LogP contribution in [0.2, 0.25) is 10.0 Å². The molecule has 0 atom stereocenters. The van der Waals surface area contributed by atoms with Crippen LogP contribution in [0.1, 0.15) is 42.7 Å². The second-order valence-corrected chi connectivity index (χ2v) is 9.50. The molecular weight excluding hydrogens is 527 g/mol. The lowest BCUT2D eigenvalue weighted by Crippen LogP contribution is -2.41. The van der Waals surface area contributed by atoms with Crippen molar-refractivity contribution >= 4 is 40.7 Å². The number of ether oxygens (including phenoxy) is 1. The third-order valence-electron chi connectivity index (χ3n) is 6.09. The number of rotatable bonds is 9. The molecule has 0 radical (unpaired) electrons. The Morgan fingerprint density at radius 1 is 1.21 bits per heavy atom. The molecule has 3 rings (SSSR count). The number of amides is 2.